The molecule has 2 aromatic rings. The predicted octanol–water partition coefficient (Wildman–Crippen LogP) is 1.98. The Bertz CT molecular complexity index is 818. The Hall–Kier alpha value is -2.31. The number of esters is 1. The third kappa shape index (κ3) is 2.79. The van der Waals surface area contributed by atoms with Gasteiger partial charge in [-0.1, -0.05) is 39.0 Å². The van der Waals surface area contributed by atoms with Gasteiger partial charge in [-0.05, 0) is 11.6 Å². The minimum Gasteiger partial charge on any atom is -0.404 e. The zero-order valence-corrected chi connectivity index (χ0v) is 14.0. The number of H-pyrrole nitrogens is 1. The van der Waals surface area contributed by atoms with Crippen molar-refractivity contribution >= 4 is 22.4 Å². The molecule has 0 unspecified atom stereocenters. The van der Waals surface area contributed by atoms with E-state index in [4.69, 9.17) is 4.74 Å². The van der Waals surface area contributed by atoms with E-state index in [-0.39, 0.29) is 17.4 Å². The van der Waals surface area contributed by atoms with Crippen LogP contribution in [0.4, 0.5) is 0 Å². The molecule has 1 aliphatic heterocycles. The summed E-state index contributed by atoms with van der Waals surface area (Å²) < 4.78 is 4.85. The Morgan fingerprint density at radius 3 is 2.75 bits per heavy atom. The van der Waals surface area contributed by atoms with Crippen molar-refractivity contribution in [1.29, 1.82) is 0 Å². The molecule has 1 aromatic heterocycles. The summed E-state index contributed by atoms with van der Waals surface area (Å²) >= 11 is 0. The van der Waals surface area contributed by atoms with Crippen LogP contribution >= 0.6 is 0 Å². The number of carbonyl (C=O) groups excluding carboxylic acids is 1. The second-order valence-corrected chi connectivity index (χ2v) is 6.73. The minimum absolute atomic E-state index is 0.121. The molecule has 2 heterocycles. The lowest BCUT2D eigenvalue weighted by molar-refractivity contribution is -0.316. The van der Waals surface area contributed by atoms with Gasteiger partial charge in [0.15, 0.2) is 0 Å². The van der Waals surface area contributed by atoms with Crippen LogP contribution < -0.4 is 5.32 Å². The van der Waals surface area contributed by atoms with Crippen LogP contribution in [0.5, 0.6) is 0 Å². The van der Waals surface area contributed by atoms with Crippen LogP contribution in [0.15, 0.2) is 30.5 Å². The summed E-state index contributed by atoms with van der Waals surface area (Å²) in [5.74, 6) is -3.27. The molecule has 0 radical (unpaired) electrons. The van der Waals surface area contributed by atoms with E-state index >= 15 is 0 Å². The number of aromatic nitrogens is 1. The highest BCUT2D eigenvalue weighted by atomic mass is 16.8. The number of ether oxygens (including phenoxy) is 1. The van der Waals surface area contributed by atoms with Crippen molar-refractivity contribution in [3.05, 3.63) is 41.7 Å². The molecule has 0 aliphatic carbocycles. The lowest BCUT2D eigenvalue weighted by atomic mass is 9.82. The summed E-state index contributed by atoms with van der Waals surface area (Å²) in [6.07, 6.45) is 1.45. The number of aromatic amines is 1. The number of aliphatic hydroxyl groups is 2. The van der Waals surface area contributed by atoms with E-state index in [2.05, 4.69) is 24.1 Å². The van der Waals surface area contributed by atoms with Gasteiger partial charge in [0.05, 0.1) is 11.3 Å². The summed E-state index contributed by atoms with van der Waals surface area (Å²) in [5, 5.41) is 23.4. The lowest BCUT2D eigenvalue weighted by Crippen LogP contribution is -2.34. The summed E-state index contributed by atoms with van der Waals surface area (Å²) in [6.45, 7) is 6.34. The fourth-order valence-electron chi connectivity index (χ4n) is 3.05. The summed E-state index contributed by atoms with van der Waals surface area (Å²) in [5.41, 5.74) is 2.58. The molecule has 1 aliphatic rings. The summed E-state index contributed by atoms with van der Waals surface area (Å²) in [7, 11) is 0. The van der Waals surface area contributed by atoms with Crippen LogP contribution in [-0.2, 0) is 14.9 Å². The topological polar surface area (TPSA) is 94.6 Å². The van der Waals surface area contributed by atoms with E-state index in [0.29, 0.717) is 12.2 Å². The highest BCUT2D eigenvalue weighted by Crippen LogP contribution is 2.38. The van der Waals surface area contributed by atoms with Crippen molar-refractivity contribution < 1.29 is 19.7 Å². The molecule has 1 aromatic carbocycles. The quantitative estimate of drug-likeness (QED) is 0.510. The standard InChI is InChI=1S/C18H22N2O4/c1-4-18(22,23)24-16(21)12-9-19-10-17(2,3)14-11-7-5-6-8-13(11)20-15(12)14/h5-9,19-20,22-23H,4,10H2,1-3H3. The van der Waals surface area contributed by atoms with Crippen LogP contribution in [0.25, 0.3) is 16.5 Å². The van der Waals surface area contributed by atoms with Crippen molar-refractivity contribution in [3.63, 3.8) is 0 Å². The van der Waals surface area contributed by atoms with Gasteiger partial charge in [-0.3, -0.25) is 0 Å². The number of hydrogen-bond acceptors (Lipinski definition) is 5. The second kappa shape index (κ2) is 5.65. The molecule has 0 saturated carbocycles. The van der Waals surface area contributed by atoms with E-state index in [1.165, 1.54) is 6.92 Å². The SMILES string of the molecule is CCC(O)(O)OC(=O)C1=CNCC(C)(C)c2c1[nH]c1ccccc21. The van der Waals surface area contributed by atoms with Crippen LogP contribution in [0.3, 0.4) is 0 Å². The van der Waals surface area contributed by atoms with E-state index in [9.17, 15) is 15.0 Å². The van der Waals surface area contributed by atoms with Crippen molar-refractivity contribution in [2.45, 2.75) is 38.6 Å². The number of benzene rings is 1. The fourth-order valence-corrected chi connectivity index (χ4v) is 3.05. The first-order valence-electron chi connectivity index (χ1n) is 7.98. The third-order valence-electron chi connectivity index (χ3n) is 4.38. The molecule has 6 heteroatoms. The van der Waals surface area contributed by atoms with Gasteiger partial charge in [-0.2, -0.15) is 0 Å². The lowest BCUT2D eigenvalue weighted by Gasteiger charge is -2.24. The molecular weight excluding hydrogens is 308 g/mol. The molecule has 0 fully saturated rings. The molecular formula is C18H22N2O4. The van der Waals surface area contributed by atoms with Gasteiger partial charge >= 0.3 is 11.9 Å². The third-order valence-corrected chi connectivity index (χ3v) is 4.38. The van der Waals surface area contributed by atoms with Gasteiger partial charge in [0.2, 0.25) is 0 Å². The molecule has 0 amide bonds. The second-order valence-electron chi connectivity index (χ2n) is 6.73. The van der Waals surface area contributed by atoms with E-state index in [1.54, 1.807) is 6.20 Å². The Balaban J connectivity index is 2.13. The van der Waals surface area contributed by atoms with Crippen molar-refractivity contribution in [2.24, 2.45) is 0 Å². The normalized spacial score (nSPS) is 16.8. The Morgan fingerprint density at radius 1 is 1.33 bits per heavy atom. The smallest absolute Gasteiger partial charge is 0.346 e. The molecule has 6 nitrogen and oxygen atoms in total. The largest absolute Gasteiger partial charge is 0.404 e. The number of para-hydroxylation sites is 1. The molecule has 128 valence electrons. The Morgan fingerprint density at radius 2 is 2.04 bits per heavy atom. The number of fused-ring (bicyclic) bond motifs is 3. The number of carbonyl (C=O) groups is 1. The Kier molecular flexibility index (Phi) is 3.89. The number of hydrogen-bond donors (Lipinski definition) is 4. The maximum absolute atomic E-state index is 12.5. The van der Waals surface area contributed by atoms with Crippen molar-refractivity contribution in [2.75, 3.05) is 6.54 Å². The van der Waals surface area contributed by atoms with Gasteiger partial charge < -0.3 is 25.3 Å². The van der Waals surface area contributed by atoms with Gasteiger partial charge in [0.1, 0.15) is 0 Å². The van der Waals surface area contributed by atoms with Crippen molar-refractivity contribution in [1.82, 2.24) is 10.3 Å². The van der Waals surface area contributed by atoms with Crippen LogP contribution in [0.2, 0.25) is 0 Å². The van der Waals surface area contributed by atoms with E-state index < -0.39 is 11.9 Å². The maximum atomic E-state index is 12.5. The molecule has 4 N–H and O–H groups in total. The van der Waals surface area contributed by atoms with Crippen LogP contribution in [-0.4, -0.2) is 33.7 Å². The first-order chi connectivity index (χ1) is 11.2. The van der Waals surface area contributed by atoms with E-state index in [0.717, 1.165) is 16.5 Å². The predicted molar refractivity (Wildman–Crippen MR) is 90.9 cm³/mol. The average Bonchev–Trinajstić information content (AvgIpc) is 2.84. The molecule has 0 bridgehead atoms. The maximum Gasteiger partial charge on any atom is 0.346 e. The van der Waals surface area contributed by atoms with Gasteiger partial charge in [-0.25, -0.2) is 4.79 Å². The van der Waals surface area contributed by atoms with Gasteiger partial charge in [0, 0.05) is 35.5 Å². The number of rotatable bonds is 3. The number of nitrogens with one attached hydrogen (secondary N) is 2. The summed E-state index contributed by atoms with van der Waals surface area (Å²) in [6, 6.07) is 7.84. The average molecular weight is 330 g/mol. The highest BCUT2D eigenvalue weighted by molar-refractivity contribution is 6.18. The summed E-state index contributed by atoms with van der Waals surface area (Å²) in [4.78, 5) is 15.8. The monoisotopic (exact) mass is 330 g/mol. The van der Waals surface area contributed by atoms with E-state index in [1.807, 2.05) is 24.3 Å². The van der Waals surface area contributed by atoms with Gasteiger partial charge in [-0.15, -0.1) is 0 Å². The first kappa shape index (κ1) is 16.5. The van der Waals surface area contributed by atoms with Crippen LogP contribution in [0.1, 0.15) is 38.4 Å². The zero-order valence-electron chi connectivity index (χ0n) is 14.0. The highest BCUT2D eigenvalue weighted by Gasteiger charge is 2.35. The van der Waals surface area contributed by atoms with Crippen molar-refractivity contribution in [3.8, 4) is 0 Å². The van der Waals surface area contributed by atoms with Crippen LogP contribution in [0, 0.1) is 0 Å². The minimum atomic E-state index is -2.48. The Labute approximate surface area is 140 Å². The molecule has 0 atom stereocenters. The molecule has 24 heavy (non-hydrogen) atoms. The molecule has 0 spiro atoms. The first-order valence-corrected chi connectivity index (χ1v) is 7.98. The fraction of sp³-hybridized carbons (Fsp3) is 0.389. The molecule has 0 saturated heterocycles. The van der Waals surface area contributed by atoms with Gasteiger partial charge in [0.25, 0.3) is 0 Å². The zero-order chi connectivity index (χ0) is 17.5. The molecule has 3 rings (SSSR count).